The summed E-state index contributed by atoms with van der Waals surface area (Å²) in [6.07, 6.45) is -0.203. The van der Waals surface area contributed by atoms with E-state index in [1.165, 1.54) is 7.11 Å². The van der Waals surface area contributed by atoms with Gasteiger partial charge in [-0.1, -0.05) is 76.6 Å². The number of rotatable bonds is 8. The number of benzene rings is 2. The summed E-state index contributed by atoms with van der Waals surface area (Å²) in [5.74, 6) is -0.273. The van der Waals surface area contributed by atoms with E-state index >= 15 is 0 Å². The van der Waals surface area contributed by atoms with Gasteiger partial charge in [0.25, 0.3) is 0 Å². The van der Waals surface area contributed by atoms with Crippen molar-refractivity contribution < 1.29 is 19.1 Å². The summed E-state index contributed by atoms with van der Waals surface area (Å²) >= 11 is 3.52. The Balaban J connectivity index is 1.75. The minimum Gasteiger partial charge on any atom is -0.469 e. The molecule has 0 radical (unpaired) electrons. The number of ether oxygens (including phenoxy) is 2. The van der Waals surface area contributed by atoms with Crippen molar-refractivity contribution in [3.05, 3.63) is 71.8 Å². The zero-order chi connectivity index (χ0) is 19.1. The largest absolute Gasteiger partial charge is 0.469 e. The Kier molecular flexibility index (Phi) is 7.41. The summed E-state index contributed by atoms with van der Waals surface area (Å²) in [6.45, 7) is 1.05. The summed E-state index contributed by atoms with van der Waals surface area (Å²) in [5, 5.41) is 2.48. The van der Waals surface area contributed by atoms with Crippen LogP contribution in [-0.2, 0) is 32.3 Å². The van der Waals surface area contributed by atoms with Crippen LogP contribution in [0, 0.1) is 0 Å². The van der Waals surface area contributed by atoms with Crippen LogP contribution in [0.5, 0.6) is 0 Å². The summed E-state index contributed by atoms with van der Waals surface area (Å²) in [7, 11) is 1.40. The van der Waals surface area contributed by atoms with Crippen molar-refractivity contribution in [1.29, 1.82) is 0 Å². The van der Waals surface area contributed by atoms with Crippen LogP contribution < -0.4 is 0 Å². The van der Waals surface area contributed by atoms with Gasteiger partial charge in [0.2, 0.25) is 0 Å². The monoisotopic (exact) mass is 433 g/mol. The zero-order valence-electron chi connectivity index (χ0n) is 15.3. The molecule has 6 heteroatoms. The van der Waals surface area contributed by atoms with Crippen LogP contribution in [0.25, 0.3) is 0 Å². The molecule has 2 aromatic rings. The predicted molar refractivity (Wildman–Crippen MR) is 106 cm³/mol. The van der Waals surface area contributed by atoms with Crippen molar-refractivity contribution in [3.63, 3.8) is 0 Å². The minimum atomic E-state index is -0.273. The van der Waals surface area contributed by atoms with Crippen molar-refractivity contribution in [2.24, 2.45) is 0 Å². The normalized spacial score (nSPS) is 22.7. The molecule has 0 saturated carbocycles. The molecular formula is C21H24BrNO4. The molecule has 0 unspecified atom stereocenters. The van der Waals surface area contributed by atoms with Crippen molar-refractivity contribution in [1.82, 2.24) is 5.06 Å². The van der Waals surface area contributed by atoms with Gasteiger partial charge in [-0.2, -0.15) is 5.06 Å². The molecule has 5 nitrogen and oxygen atoms in total. The lowest BCUT2D eigenvalue weighted by Crippen LogP contribution is -2.39. The number of methoxy groups -OCH3 is 1. The second kappa shape index (κ2) is 9.99. The smallest absolute Gasteiger partial charge is 0.307 e. The van der Waals surface area contributed by atoms with E-state index < -0.39 is 0 Å². The summed E-state index contributed by atoms with van der Waals surface area (Å²) in [4.78, 5) is 18.1. The lowest BCUT2D eigenvalue weighted by atomic mass is 10.0. The van der Waals surface area contributed by atoms with Gasteiger partial charge in [-0.05, 0) is 11.1 Å². The number of hydroxylamine groups is 2. The Labute approximate surface area is 168 Å². The molecule has 1 saturated heterocycles. The Bertz CT molecular complexity index is 713. The van der Waals surface area contributed by atoms with Gasteiger partial charge in [-0.25, -0.2) is 0 Å². The van der Waals surface area contributed by atoms with E-state index in [-0.39, 0.29) is 30.6 Å². The molecule has 1 aliphatic heterocycles. The van der Waals surface area contributed by atoms with Crippen LogP contribution in [0.2, 0.25) is 0 Å². The molecule has 1 aliphatic rings. The molecule has 3 atom stereocenters. The van der Waals surface area contributed by atoms with Gasteiger partial charge < -0.3 is 9.47 Å². The first-order chi connectivity index (χ1) is 13.2. The number of hydrogen-bond donors (Lipinski definition) is 0. The first kappa shape index (κ1) is 20.0. The first-order valence-electron chi connectivity index (χ1n) is 8.97. The third-order valence-electron chi connectivity index (χ3n) is 4.61. The third kappa shape index (κ3) is 5.39. The van der Waals surface area contributed by atoms with Crippen molar-refractivity contribution in [3.8, 4) is 0 Å². The van der Waals surface area contributed by atoms with Crippen LogP contribution in [-0.4, -0.2) is 41.7 Å². The molecule has 2 aromatic carbocycles. The van der Waals surface area contributed by atoms with Gasteiger partial charge in [0.15, 0.2) is 0 Å². The van der Waals surface area contributed by atoms with Crippen LogP contribution in [0.1, 0.15) is 17.5 Å². The highest BCUT2D eigenvalue weighted by atomic mass is 79.9. The number of halogens is 1. The molecule has 1 fully saturated rings. The topological polar surface area (TPSA) is 48.0 Å². The summed E-state index contributed by atoms with van der Waals surface area (Å²) in [6, 6.07) is 19.8. The zero-order valence-corrected chi connectivity index (χ0v) is 16.9. The first-order valence-corrected chi connectivity index (χ1v) is 10.1. The lowest BCUT2D eigenvalue weighted by molar-refractivity contribution is -0.170. The van der Waals surface area contributed by atoms with E-state index in [1.54, 1.807) is 0 Å². The molecule has 0 N–H and O–H groups in total. The van der Waals surface area contributed by atoms with Crippen LogP contribution in [0.4, 0.5) is 0 Å². The van der Waals surface area contributed by atoms with Gasteiger partial charge >= 0.3 is 5.97 Å². The molecule has 0 amide bonds. The third-order valence-corrected chi connectivity index (χ3v) is 5.25. The van der Waals surface area contributed by atoms with Gasteiger partial charge in [0.1, 0.15) is 12.2 Å². The molecule has 0 aliphatic carbocycles. The Morgan fingerprint density at radius 3 is 2.30 bits per heavy atom. The Hall–Kier alpha value is -1.73. The molecule has 0 aromatic heterocycles. The molecule has 3 rings (SSSR count). The summed E-state index contributed by atoms with van der Waals surface area (Å²) in [5.41, 5.74) is 2.20. The highest BCUT2D eigenvalue weighted by Crippen LogP contribution is 2.30. The van der Waals surface area contributed by atoms with Crippen molar-refractivity contribution in [2.75, 3.05) is 12.4 Å². The second-order valence-electron chi connectivity index (χ2n) is 6.47. The minimum absolute atomic E-state index is 0.174. The number of esters is 1. The maximum absolute atomic E-state index is 12.0. The number of carbonyl (C=O) groups is 1. The van der Waals surface area contributed by atoms with Gasteiger partial charge in [-0.3, -0.25) is 9.63 Å². The van der Waals surface area contributed by atoms with Crippen molar-refractivity contribution >= 4 is 21.9 Å². The van der Waals surface area contributed by atoms with E-state index in [0.717, 1.165) is 11.1 Å². The Morgan fingerprint density at radius 1 is 1.07 bits per heavy atom. The van der Waals surface area contributed by atoms with Crippen molar-refractivity contribution in [2.45, 2.75) is 37.8 Å². The molecule has 0 bridgehead atoms. The lowest BCUT2D eigenvalue weighted by Gasteiger charge is -2.25. The summed E-state index contributed by atoms with van der Waals surface area (Å²) < 4.78 is 11.1. The van der Waals surface area contributed by atoms with Crippen LogP contribution >= 0.6 is 15.9 Å². The maximum Gasteiger partial charge on any atom is 0.307 e. The fraction of sp³-hybridized carbons (Fsp3) is 0.381. The number of alkyl halides is 1. The molecule has 1 heterocycles. The molecular weight excluding hydrogens is 410 g/mol. The number of carbonyl (C=O) groups excluding carboxylic acids is 1. The molecule has 27 heavy (non-hydrogen) atoms. The second-order valence-corrected chi connectivity index (χ2v) is 7.12. The van der Waals surface area contributed by atoms with E-state index in [0.29, 0.717) is 18.5 Å². The SMILES string of the molecule is COC(=O)C[C@H]1[C@H](OCc2ccccc2)[C@H](CBr)ON1Cc1ccccc1. The van der Waals surface area contributed by atoms with E-state index in [2.05, 4.69) is 15.9 Å². The van der Waals surface area contributed by atoms with Crippen LogP contribution in [0.15, 0.2) is 60.7 Å². The molecule has 144 valence electrons. The average Bonchev–Trinajstić information content (AvgIpc) is 3.04. The number of hydrogen-bond acceptors (Lipinski definition) is 5. The predicted octanol–water partition coefficient (Wildman–Crippen LogP) is 3.71. The van der Waals surface area contributed by atoms with E-state index in [9.17, 15) is 4.79 Å². The van der Waals surface area contributed by atoms with Crippen LogP contribution in [0.3, 0.4) is 0 Å². The van der Waals surface area contributed by atoms with Gasteiger partial charge in [-0.15, -0.1) is 0 Å². The quantitative estimate of drug-likeness (QED) is 0.468. The van der Waals surface area contributed by atoms with E-state index in [4.69, 9.17) is 14.3 Å². The van der Waals surface area contributed by atoms with Gasteiger partial charge in [0.05, 0.1) is 26.2 Å². The fourth-order valence-electron chi connectivity index (χ4n) is 3.21. The highest BCUT2D eigenvalue weighted by Gasteiger charge is 2.44. The maximum atomic E-state index is 12.0. The number of nitrogens with zero attached hydrogens (tertiary/aromatic N) is 1. The fourth-order valence-corrected chi connectivity index (χ4v) is 3.70. The molecule has 0 spiro atoms. The Morgan fingerprint density at radius 2 is 1.70 bits per heavy atom. The van der Waals surface area contributed by atoms with E-state index in [1.807, 2.05) is 65.7 Å². The van der Waals surface area contributed by atoms with Gasteiger partial charge in [0, 0.05) is 11.9 Å². The average molecular weight is 434 g/mol. The standard InChI is InChI=1S/C21H24BrNO4/c1-25-20(24)12-18-21(26-15-17-10-6-3-7-11-17)19(13-22)27-23(18)14-16-8-4-2-5-9-16/h2-11,18-19,21H,12-15H2,1H3/t18-,19-,21-/m0/s1. The highest BCUT2D eigenvalue weighted by molar-refractivity contribution is 9.09.